The van der Waals surface area contributed by atoms with E-state index in [9.17, 15) is 0 Å². The van der Waals surface area contributed by atoms with Gasteiger partial charge in [0, 0.05) is 19.2 Å². The SMILES string of the molecule is CCO.OCCNNc1cc2ccc1o2. The van der Waals surface area contributed by atoms with E-state index >= 15 is 0 Å². The molecule has 2 heterocycles. The van der Waals surface area contributed by atoms with E-state index in [2.05, 4.69) is 10.9 Å². The van der Waals surface area contributed by atoms with Crippen LogP contribution in [0.3, 0.4) is 0 Å². The average Bonchev–Trinajstić information content (AvgIpc) is 2.81. The molecule has 0 atom stereocenters. The standard InChI is InChI=1S/C8H10N2O2.C2H6O/c11-4-3-9-10-7-5-6-1-2-8(7)12-6;1-2-3/h1-2,5,9-11H,3-4H2;3H,2H2,1H3. The molecule has 0 saturated heterocycles. The highest BCUT2D eigenvalue weighted by atomic mass is 16.3. The van der Waals surface area contributed by atoms with Crippen LogP contribution in [-0.2, 0) is 0 Å². The number of aliphatic hydroxyl groups excluding tert-OH is 2. The number of hydrogen-bond acceptors (Lipinski definition) is 5. The smallest absolute Gasteiger partial charge is 0.152 e. The van der Waals surface area contributed by atoms with Crippen molar-refractivity contribution < 1.29 is 14.6 Å². The van der Waals surface area contributed by atoms with Crippen molar-refractivity contribution in [3.8, 4) is 0 Å². The Morgan fingerprint density at radius 3 is 2.53 bits per heavy atom. The minimum Gasteiger partial charge on any atom is -0.455 e. The van der Waals surface area contributed by atoms with E-state index in [1.165, 1.54) is 0 Å². The first-order chi connectivity index (χ1) is 7.31. The van der Waals surface area contributed by atoms with Gasteiger partial charge in [-0.05, 0) is 19.1 Å². The Kier molecular flexibility index (Phi) is 4.89. The number of nitrogens with one attached hydrogen (secondary N) is 2. The Morgan fingerprint density at radius 1 is 1.33 bits per heavy atom. The van der Waals surface area contributed by atoms with Crippen molar-refractivity contribution in [1.82, 2.24) is 5.43 Å². The lowest BCUT2D eigenvalue weighted by atomic mass is 10.3. The first kappa shape index (κ1) is 11.8. The summed E-state index contributed by atoms with van der Waals surface area (Å²) in [6.45, 7) is 2.56. The van der Waals surface area contributed by atoms with Gasteiger partial charge in [0.1, 0.15) is 5.58 Å². The maximum absolute atomic E-state index is 8.49. The molecule has 0 radical (unpaired) electrons. The van der Waals surface area contributed by atoms with E-state index in [1.54, 1.807) is 6.92 Å². The van der Waals surface area contributed by atoms with Gasteiger partial charge in [0.05, 0.1) is 12.3 Å². The average molecular weight is 212 g/mol. The molecule has 0 saturated carbocycles. The second-order valence-corrected chi connectivity index (χ2v) is 2.85. The Bertz CT molecular complexity index is 361. The molecule has 2 rings (SSSR count). The quantitative estimate of drug-likeness (QED) is 0.445. The Balaban J connectivity index is 0.000000337. The van der Waals surface area contributed by atoms with Gasteiger partial charge in [-0.1, -0.05) is 0 Å². The molecule has 0 amide bonds. The number of hydrogen-bond donors (Lipinski definition) is 4. The molecule has 5 nitrogen and oxygen atoms in total. The van der Waals surface area contributed by atoms with E-state index in [1.807, 2.05) is 18.2 Å². The summed E-state index contributed by atoms with van der Waals surface area (Å²) in [5, 5.41) is 16.1. The second kappa shape index (κ2) is 6.23. The Hall–Kier alpha value is -1.30. The molecule has 15 heavy (non-hydrogen) atoms. The largest absolute Gasteiger partial charge is 0.455 e. The fraction of sp³-hybridized carbons (Fsp3) is 0.400. The number of aliphatic hydroxyl groups is 2. The van der Waals surface area contributed by atoms with Crippen LogP contribution in [-0.4, -0.2) is 30.0 Å². The predicted molar refractivity (Wildman–Crippen MR) is 58.9 cm³/mol. The summed E-state index contributed by atoms with van der Waals surface area (Å²) in [5.74, 6) is 0. The summed E-state index contributed by atoms with van der Waals surface area (Å²) in [6, 6.07) is 5.71. The molecular weight excluding hydrogens is 196 g/mol. The molecule has 2 bridgehead atoms. The number of hydrazine groups is 1. The maximum atomic E-state index is 8.49. The van der Waals surface area contributed by atoms with Gasteiger partial charge in [-0.2, -0.15) is 0 Å². The molecule has 84 valence electrons. The van der Waals surface area contributed by atoms with Gasteiger partial charge in [0.2, 0.25) is 0 Å². The van der Waals surface area contributed by atoms with Crippen LogP contribution < -0.4 is 10.9 Å². The fourth-order valence-electron chi connectivity index (χ4n) is 1.10. The lowest BCUT2D eigenvalue weighted by Gasteiger charge is -2.03. The van der Waals surface area contributed by atoms with Crippen LogP contribution in [0.25, 0.3) is 11.2 Å². The molecular formula is C10H16N2O3. The minimum absolute atomic E-state index is 0.114. The highest BCUT2D eigenvalue weighted by Crippen LogP contribution is 2.25. The zero-order valence-electron chi connectivity index (χ0n) is 8.66. The Morgan fingerprint density at radius 2 is 2.07 bits per heavy atom. The molecule has 0 aliphatic heterocycles. The molecule has 0 fully saturated rings. The van der Waals surface area contributed by atoms with Crippen LogP contribution in [0.4, 0.5) is 5.69 Å². The van der Waals surface area contributed by atoms with Crippen molar-refractivity contribution in [2.45, 2.75) is 6.92 Å². The van der Waals surface area contributed by atoms with E-state index in [-0.39, 0.29) is 13.2 Å². The fourth-order valence-corrected chi connectivity index (χ4v) is 1.10. The van der Waals surface area contributed by atoms with Crippen LogP contribution in [0, 0.1) is 0 Å². The van der Waals surface area contributed by atoms with E-state index in [4.69, 9.17) is 14.6 Å². The van der Waals surface area contributed by atoms with Crippen LogP contribution in [0.1, 0.15) is 6.92 Å². The molecule has 5 heteroatoms. The number of rotatable bonds is 4. The second-order valence-electron chi connectivity index (χ2n) is 2.85. The van der Waals surface area contributed by atoms with Crippen molar-refractivity contribution in [2.24, 2.45) is 0 Å². The first-order valence-corrected chi connectivity index (χ1v) is 4.84. The van der Waals surface area contributed by atoms with Crippen LogP contribution in [0.15, 0.2) is 22.6 Å². The van der Waals surface area contributed by atoms with Crippen molar-refractivity contribution in [1.29, 1.82) is 0 Å². The number of anilines is 1. The van der Waals surface area contributed by atoms with E-state index < -0.39 is 0 Å². The molecule has 2 aromatic heterocycles. The van der Waals surface area contributed by atoms with Gasteiger partial charge in [-0.15, -0.1) is 0 Å². The summed E-state index contributed by atoms with van der Waals surface area (Å²) in [4.78, 5) is 0. The van der Waals surface area contributed by atoms with Gasteiger partial charge in [0.15, 0.2) is 5.58 Å². The van der Waals surface area contributed by atoms with Gasteiger partial charge >= 0.3 is 0 Å². The third-order valence-electron chi connectivity index (χ3n) is 1.64. The van der Waals surface area contributed by atoms with Crippen molar-refractivity contribution in [3.63, 3.8) is 0 Å². The third kappa shape index (κ3) is 3.39. The van der Waals surface area contributed by atoms with Gasteiger partial charge in [0.25, 0.3) is 0 Å². The number of benzene rings is 1. The molecule has 2 aromatic rings. The lowest BCUT2D eigenvalue weighted by molar-refractivity contribution is 0.296. The Labute approximate surface area is 88.0 Å². The number of furan rings is 2. The zero-order chi connectivity index (χ0) is 11.1. The number of fused-ring (bicyclic) bond motifs is 2. The highest BCUT2D eigenvalue weighted by Gasteiger charge is 2.04. The predicted octanol–water partition coefficient (Wildman–Crippen LogP) is 0.778. The summed E-state index contributed by atoms with van der Waals surface area (Å²) in [6.07, 6.45) is 0. The van der Waals surface area contributed by atoms with Gasteiger partial charge in [-0.3, -0.25) is 0 Å². The third-order valence-corrected chi connectivity index (χ3v) is 1.64. The van der Waals surface area contributed by atoms with E-state index in [0.29, 0.717) is 6.54 Å². The molecule has 4 N–H and O–H groups in total. The topological polar surface area (TPSA) is 77.7 Å². The molecule has 0 spiro atoms. The first-order valence-electron chi connectivity index (χ1n) is 4.84. The molecule has 0 aliphatic carbocycles. The molecule has 0 unspecified atom stereocenters. The van der Waals surface area contributed by atoms with E-state index in [0.717, 1.165) is 16.9 Å². The normalized spacial score (nSPS) is 10.1. The monoisotopic (exact) mass is 212 g/mol. The van der Waals surface area contributed by atoms with Gasteiger partial charge < -0.3 is 20.1 Å². The summed E-state index contributed by atoms with van der Waals surface area (Å²) >= 11 is 0. The lowest BCUT2D eigenvalue weighted by Crippen LogP contribution is -2.24. The van der Waals surface area contributed by atoms with Crippen molar-refractivity contribution >= 4 is 16.9 Å². The molecule has 0 aliphatic rings. The summed E-state index contributed by atoms with van der Waals surface area (Å²) < 4.78 is 5.28. The maximum Gasteiger partial charge on any atom is 0.152 e. The van der Waals surface area contributed by atoms with Crippen molar-refractivity contribution in [3.05, 3.63) is 18.2 Å². The minimum atomic E-state index is 0.114. The van der Waals surface area contributed by atoms with Crippen LogP contribution >= 0.6 is 0 Å². The van der Waals surface area contributed by atoms with Crippen LogP contribution in [0.2, 0.25) is 0 Å². The zero-order valence-corrected chi connectivity index (χ0v) is 8.66. The highest BCUT2D eigenvalue weighted by molar-refractivity contribution is 5.78. The van der Waals surface area contributed by atoms with Crippen molar-refractivity contribution in [2.75, 3.05) is 25.2 Å². The van der Waals surface area contributed by atoms with Gasteiger partial charge in [-0.25, -0.2) is 5.43 Å². The molecule has 0 aromatic carbocycles. The van der Waals surface area contributed by atoms with Crippen LogP contribution in [0.5, 0.6) is 0 Å². The summed E-state index contributed by atoms with van der Waals surface area (Å²) in [7, 11) is 0. The summed E-state index contributed by atoms with van der Waals surface area (Å²) in [5.41, 5.74) is 8.38.